The van der Waals surface area contributed by atoms with Crippen molar-refractivity contribution in [3.05, 3.63) is 40.4 Å². The molecule has 174 valence electrons. The van der Waals surface area contributed by atoms with Crippen LogP contribution in [0.1, 0.15) is 30.3 Å². The molecule has 1 aliphatic heterocycles. The molecule has 1 atom stereocenters. The summed E-state index contributed by atoms with van der Waals surface area (Å²) in [5, 5.41) is 0. The predicted octanol–water partition coefficient (Wildman–Crippen LogP) is 1.11. The quantitative estimate of drug-likeness (QED) is 0.498. The van der Waals surface area contributed by atoms with Crippen LogP contribution in [0, 0.1) is 0 Å². The zero-order valence-corrected chi connectivity index (χ0v) is 18.4. The Morgan fingerprint density at radius 3 is 2.58 bits per heavy atom. The van der Waals surface area contributed by atoms with Gasteiger partial charge in [0, 0.05) is 12.2 Å². The first-order valence-corrected chi connectivity index (χ1v) is 10.7. The summed E-state index contributed by atoms with van der Waals surface area (Å²) in [5.41, 5.74) is 5.87. The summed E-state index contributed by atoms with van der Waals surface area (Å²) in [7, 11) is 1.55. The van der Waals surface area contributed by atoms with Gasteiger partial charge in [-0.2, -0.15) is 0 Å². The fourth-order valence-electron chi connectivity index (χ4n) is 3.89. The lowest BCUT2D eigenvalue weighted by molar-refractivity contribution is -0.143. The Balaban J connectivity index is 1.93. The van der Waals surface area contributed by atoms with Crippen molar-refractivity contribution in [1.82, 2.24) is 19.1 Å². The maximum absolute atomic E-state index is 13.3. The number of nitrogens with two attached hydrogens (primary N) is 1. The minimum Gasteiger partial charge on any atom is -0.497 e. The van der Waals surface area contributed by atoms with E-state index >= 15 is 0 Å². The Bertz CT molecular complexity index is 1240. The van der Waals surface area contributed by atoms with Gasteiger partial charge in [-0.1, -0.05) is 0 Å². The molecule has 0 saturated carbocycles. The van der Waals surface area contributed by atoms with Gasteiger partial charge in [0.05, 0.1) is 26.4 Å². The fourth-order valence-corrected chi connectivity index (χ4v) is 3.89. The number of aromatic nitrogens is 4. The molecule has 1 saturated heterocycles. The third kappa shape index (κ3) is 4.44. The van der Waals surface area contributed by atoms with Gasteiger partial charge in [0.15, 0.2) is 17.2 Å². The molecule has 1 aromatic carbocycles. The van der Waals surface area contributed by atoms with Crippen molar-refractivity contribution < 1.29 is 23.8 Å². The number of ether oxygens (including phenoxy) is 3. The number of rotatable bonds is 8. The van der Waals surface area contributed by atoms with Crippen LogP contribution in [0.5, 0.6) is 5.75 Å². The van der Waals surface area contributed by atoms with Gasteiger partial charge in [-0.25, -0.2) is 14.8 Å². The number of carbonyl (C=O) groups excluding carboxylic acids is 2. The van der Waals surface area contributed by atoms with Gasteiger partial charge in [-0.05, 0) is 44.0 Å². The maximum Gasteiger partial charge on any atom is 0.331 e. The number of fused-ring (bicyclic) bond motifs is 1. The van der Waals surface area contributed by atoms with Crippen LogP contribution in [0.15, 0.2) is 29.1 Å². The summed E-state index contributed by atoms with van der Waals surface area (Å²) in [6, 6.07) is 6.95. The van der Waals surface area contributed by atoms with E-state index in [4.69, 9.17) is 19.9 Å². The molecule has 1 amide bonds. The van der Waals surface area contributed by atoms with Crippen LogP contribution >= 0.6 is 0 Å². The molecule has 0 aliphatic carbocycles. The summed E-state index contributed by atoms with van der Waals surface area (Å²) >= 11 is 0. The Labute approximate surface area is 189 Å². The molecule has 0 unspecified atom stereocenters. The van der Waals surface area contributed by atoms with Crippen molar-refractivity contribution in [2.45, 2.75) is 39.0 Å². The average Bonchev–Trinajstić information content (AvgIpc) is 3.41. The summed E-state index contributed by atoms with van der Waals surface area (Å²) in [5.74, 6) is -0.603. The Morgan fingerprint density at radius 1 is 1.21 bits per heavy atom. The zero-order chi connectivity index (χ0) is 23.5. The Morgan fingerprint density at radius 2 is 1.97 bits per heavy atom. The van der Waals surface area contributed by atoms with E-state index in [0.29, 0.717) is 17.9 Å². The summed E-state index contributed by atoms with van der Waals surface area (Å²) in [6.45, 7) is 2.26. The number of primary amides is 1. The molecule has 3 heterocycles. The highest BCUT2D eigenvalue weighted by Gasteiger charge is 2.27. The highest BCUT2D eigenvalue weighted by atomic mass is 16.5. The van der Waals surface area contributed by atoms with Gasteiger partial charge in [0.25, 0.3) is 5.91 Å². The van der Waals surface area contributed by atoms with Crippen molar-refractivity contribution in [1.29, 1.82) is 0 Å². The molecule has 0 radical (unpaired) electrons. The lowest BCUT2D eigenvalue weighted by Crippen LogP contribution is -2.31. The van der Waals surface area contributed by atoms with Crippen LogP contribution < -0.4 is 16.2 Å². The van der Waals surface area contributed by atoms with Crippen molar-refractivity contribution in [3.8, 4) is 17.1 Å². The van der Waals surface area contributed by atoms with Gasteiger partial charge < -0.3 is 19.9 Å². The standard InChI is InChI=1S/C22H25N5O6/c1-3-32-16(28)12-26-18-17(19(23)29)24-20(13-6-8-14(31-2)9-7-13)25-21(18)27(22(26)30)11-15-5-4-10-33-15/h6-9,15H,3-5,10-12H2,1-2H3,(H2,23,29)/t15-/m1/s1. The van der Waals surface area contributed by atoms with Gasteiger partial charge >= 0.3 is 11.7 Å². The van der Waals surface area contributed by atoms with Crippen molar-refractivity contribution >= 4 is 23.0 Å². The van der Waals surface area contributed by atoms with E-state index in [1.54, 1.807) is 38.3 Å². The highest BCUT2D eigenvalue weighted by molar-refractivity contribution is 6.02. The van der Waals surface area contributed by atoms with Gasteiger partial charge in [0.2, 0.25) is 0 Å². The van der Waals surface area contributed by atoms with E-state index in [1.807, 2.05) is 0 Å². The first kappa shape index (κ1) is 22.5. The van der Waals surface area contributed by atoms with Gasteiger partial charge in [-0.3, -0.25) is 18.7 Å². The second-order valence-corrected chi connectivity index (χ2v) is 7.58. The molecule has 11 nitrogen and oxygen atoms in total. The number of methoxy groups -OCH3 is 1. The third-order valence-electron chi connectivity index (χ3n) is 5.44. The van der Waals surface area contributed by atoms with Crippen molar-refractivity contribution in [2.75, 3.05) is 20.3 Å². The van der Waals surface area contributed by atoms with Crippen molar-refractivity contribution in [3.63, 3.8) is 0 Å². The first-order valence-electron chi connectivity index (χ1n) is 10.7. The molecule has 1 fully saturated rings. The van der Waals surface area contributed by atoms with Crippen LogP contribution in [0.4, 0.5) is 0 Å². The monoisotopic (exact) mass is 455 g/mol. The molecule has 4 rings (SSSR count). The number of benzene rings is 1. The summed E-state index contributed by atoms with van der Waals surface area (Å²) in [6.07, 6.45) is 1.50. The molecule has 33 heavy (non-hydrogen) atoms. The fraction of sp³-hybridized carbons (Fsp3) is 0.409. The van der Waals surface area contributed by atoms with E-state index in [2.05, 4.69) is 9.97 Å². The number of hydrogen-bond acceptors (Lipinski definition) is 8. The molecule has 11 heteroatoms. The smallest absolute Gasteiger partial charge is 0.331 e. The van der Waals surface area contributed by atoms with E-state index in [0.717, 1.165) is 17.4 Å². The number of carbonyl (C=O) groups is 2. The third-order valence-corrected chi connectivity index (χ3v) is 5.44. The summed E-state index contributed by atoms with van der Waals surface area (Å²) < 4.78 is 18.4. The molecular weight excluding hydrogens is 430 g/mol. The molecule has 1 aliphatic rings. The molecule has 0 bridgehead atoms. The number of amides is 1. The average molecular weight is 455 g/mol. The van der Waals surface area contributed by atoms with E-state index in [-0.39, 0.29) is 41.9 Å². The lowest BCUT2D eigenvalue weighted by Gasteiger charge is -2.10. The van der Waals surface area contributed by atoms with Crippen LogP contribution in [0.25, 0.3) is 22.6 Å². The van der Waals surface area contributed by atoms with E-state index in [1.165, 1.54) is 4.57 Å². The van der Waals surface area contributed by atoms with Gasteiger partial charge in [0.1, 0.15) is 17.8 Å². The molecule has 2 N–H and O–H groups in total. The SMILES string of the molecule is CCOC(=O)Cn1c(=O)n(C[C@H]2CCCO2)c2nc(-c3ccc(OC)cc3)nc(C(N)=O)c21. The Hall–Kier alpha value is -3.73. The summed E-state index contributed by atoms with van der Waals surface area (Å²) in [4.78, 5) is 46.9. The second-order valence-electron chi connectivity index (χ2n) is 7.58. The second kappa shape index (κ2) is 9.41. The van der Waals surface area contributed by atoms with Crippen LogP contribution in [0.2, 0.25) is 0 Å². The van der Waals surface area contributed by atoms with Gasteiger partial charge in [-0.15, -0.1) is 0 Å². The zero-order valence-electron chi connectivity index (χ0n) is 18.4. The van der Waals surface area contributed by atoms with E-state index < -0.39 is 24.1 Å². The number of nitrogens with zero attached hydrogens (tertiary/aromatic N) is 4. The molecule has 0 spiro atoms. The predicted molar refractivity (Wildman–Crippen MR) is 118 cm³/mol. The first-order chi connectivity index (χ1) is 15.9. The normalized spacial score (nSPS) is 15.6. The van der Waals surface area contributed by atoms with Crippen LogP contribution in [-0.2, 0) is 27.4 Å². The molecule has 2 aromatic heterocycles. The van der Waals surface area contributed by atoms with E-state index in [9.17, 15) is 14.4 Å². The number of hydrogen-bond donors (Lipinski definition) is 1. The number of esters is 1. The largest absolute Gasteiger partial charge is 0.497 e. The minimum atomic E-state index is -0.843. The highest BCUT2D eigenvalue weighted by Crippen LogP contribution is 2.24. The topological polar surface area (TPSA) is 141 Å². The minimum absolute atomic E-state index is 0.0933. The molecule has 3 aromatic rings. The lowest BCUT2D eigenvalue weighted by atomic mass is 10.2. The van der Waals surface area contributed by atoms with Crippen LogP contribution in [0.3, 0.4) is 0 Å². The Kier molecular flexibility index (Phi) is 6.40. The maximum atomic E-state index is 13.3. The van der Waals surface area contributed by atoms with Crippen LogP contribution in [-0.4, -0.2) is 57.4 Å². The number of imidazole rings is 1. The molecular formula is C22H25N5O6. The van der Waals surface area contributed by atoms with Crippen molar-refractivity contribution in [2.24, 2.45) is 5.73 Å².